The Kier molecular flexibility index (Phi) is 4.19. The van der Waals surface area contributed by atoms with Crippen LogP contribution in [0.4, 0.5) is 11.4 Å². The van der Waals surface area contributed by atoms with E-state index in [-0.39, 0.29) is 6.54 Å². The van der Waals surface area contributed by atoms with Crippen LogP contribution in [0.2, 0.25) is 0 Å². The minimum atomic E-state index is -3.19. The van der Waals surface area contributed by atoms with Crippen LogP contribution in [-0.2, 0) is 16.6 Å². The van der Waals surface area contributed by atoms with Gasteiger partial charge in [-0.25, -0.2) is 13.1 Å². The van der Waals surface area contributed by atoms with E-state index in [0.29, 0.717) is 0 Å². The van der Waals surface area contributed by atoms with Crippen molar-refractivity contribution in [2.75, 3.05) is 11.6 Å². The third-order valence-corrected chi connectivity index (χ3v) is 3.26. The smallest absolute Gasteiger partial charge is 0.209 e. The first-order valence-corrected chi connectivity index (χ1v) is 7.78. The molecule has 2 aromatic rings. The first kappa shape index (κ1) is 13.6. The Bertz CT molecular complexity index is 640. The van der Waals surface area contributed by atoms with Crippen molar-refractivity contribution in [1.82, 2.24) is 4.72 Å². The average molecular weight is 276 g/mol. The van der Waals surface area contributed by atoms with Crippen molar-refractivity contribution in [3.63, 3.8) is 0 Å². The SMILES string of the molecule is CS(=O)(=O)NCc1ccccc1Nc1ccccc1. The zero-order valence-electron chi connectivity index (χ0n) is 10.6. The third kappa shape index (κ3) is 4.39. The highest BCUT2D eigenvalue weighted by Gasteiger charge is 2.05. The van der Waals surface area contributed by atoms with E-state index < -0.39 is 10.0 Å². The Morgan fingerprint density at radius 2 is 1.58 bits per heavy atom. The Hall–Kier alpha value is -1.85. The number of sulfonamides is 1. The fourth-order valence-corrected chi connectivity index (χ4v) is 2.10. The molecule has 0 unspecified atom stereocenters. The standard InChI is InChI=1S/C14H16N2O2S/c1-19(17,18)15-11-12-7-5-6-10-14(12)16-13-8-3-2-4-9-13/h2-10,15-16H,11H2,1H3. The van der Waals surface area contributed by atoms with Crippen molar-refractivity contribution < 1.29 is 8.42 Å². The van der Waals surface area contributed by atoms with E-state index >= 15 is 0 Å². The van der Waals surface area contributed by atoms with Gasteiger partial charge in [0.15, 0.2) is 0 Å². The molecule has 0 amide bonds. The number of nitrogens with one attached hydrogen (secondary N) is 2. The normalized spacial score (nSPS) is 11.2. The van der Waals surface area contributed by atoms with E-state index in [0.717, 1.165) is 23.2 Å². The highest BCUT2D eigenvalue weighted by atomic mass is 32.2. The number of para-hydroxylation sites is 2. The predicted octanol–water partition coefficient (Wildman–Crippen LogP) is 2.48. The maximum absolute atomic E-state index is 11.1. The molecule has 2 N–H and O–H groups in total. The second kappa shape index (κ2) is 5.86. The first-order chi connectivity index (χ1) is 9.04. The number of benzene rings is 2. The van der Waals surface area contributed by atoms with E-state index in [2.05, 4.69) is 10.0 Å². The van der Waals surface area contributed by atoms with Gasteiger partial charge in [-0.15, -0.1) is 0 Å². The van der Waals surface area contributed by atoms with Crippen LogP contribution >= 0.6 is 0 Å². The Morgan fingerprint density at radius 1 is 0.947 bits per heavy atom. The fraction of sp³-hybridized carbons (Fsp3) is 0.143. The number of hydrogen-bond acceptors (Lipinski definition) is 3. The molecule has 0 aliphatic carbocycles. The second-order valence-electron chi connectivity index (χ2n) is 4.24. The Balaban J connectivity index is 2.17. The van der Waals surface area contributed by atoms with Crippen LogP contribution in [0, 0.1) is 0 Å². The lowest BCUT2D eigenvalue weighted by molar-refractivity contribution is 0.587. The molecular formula is C14H16N2O2S. The van der Waals surface area contributed by atoms with Gasteiger partial charge in [0.2, 0.25) is 10.0 Å². The van der Waals surface area contributed by atoms with Crippen molar-refractivity contribution in [1.29, 1.82) is 0 Å². The zero-order chi connectivity index (χ0) is 13.7. The summed E-state index contributed by atoms with van der Waals surface area (Å²) in [5.41, 5.74) is 2.76. The van der Waals surface area contributed by atoms with Crippen molar-refractivity contribution in [2.24, 2.45) is 0 Å². The van der Waals surface area contributed by atoms with Gasteiger partial charge in [0.05, 0.1) is 6.26 Å². The summed E-state index contributed by atoms with van der Waals surface area (Å²) in [6.45, 7) is 0.273. The lowest BCUT2D eigenvalue weighted by Gasteiger charge is -2.12. The molecule has 2 rings (SSSR count). The highest BCUT2D eigenvalue weighted by Crippen LogP contribution is 2.20. The van der Waals surface area contributed by atoms with E-state index in [1.807, 2.05) is 54.6 Å². The van der Waals surface area contributed by atoms with Gasteiger partial charge in [-0.3, -0.25) is 0 Å². The topological polar surface area (TPSA) is 58.2 Å². The minimum absolute atomic E-state index is 0.273. The lowest BCUT2D eigenvalue weighted by Crippen LogP contribution is -2.21. The van der Waals surface area contributed by atoms with Crippen LogP contribution in [0.5, 0.6) is 0 Å². The quantitative estimate of drug-likeness (QED) is 0.882. The summed E-state index contributed by atoms with van der Waals surface area (Å²) >= 11 is 0. The molecule has 100 valence electrons. The molecule has 0 fully saturated rings. The molecule has 0 aromatic heterocycles. The fourth-order valence-electron chi connectivity index (χ4n) is 1.68. The summed E-state index contributed by atoms with van der Waals surface area (Å²) in [5, 5.41) is 3.27. The largest absolute Gasteiger partial charge is 0.355 e. The van der Waals surface area contributed by atoms with Gasteiger partial charge in [0.1, 0.15) is 0 Å². The van der Waals surface area contributed by atoms with Crippen LogP contribution in [0.1, 0.15) is 5.56 Å². The number of rotatable bonds is 5. The summed E-state index contributed by atoms with van der Waals surface area (Å²) < 4.78 is 24.8. The van der Waals surface area contributed by atoms with Crippen LogP contribution in [0.3, 0.4) is 0 Å². The van der Waals surface area contributed by atoms with Gasteiger partial charge in [0, 0.05) is 17.9 Å². The summed E-state index contributed by atoms with van der Waals surface area (Å²) in [6, 6.07) is 17.4. The van der Waals surface area contributed by atoms with E-state index in [4.69, 9.17) is 0 Å². The van der Waals surface area contributed by atoms with Gasteiger partial charge in [-0.05, 0) is 23.8 Å². The molecule has 0 aliphatic rings. The van der Waals surface area contributed by atoms with Crippen LogP contribution in [-0.4, -0.2) is 14.7 Å². The summed E-state index contributed by atoms with van der Waals surface area (Å²) in [5.74, 6) is 0. The molecule has 0 radical (unpaired) electrons. The van der Waals surface area contributed by atoms with Crippen molar-refractivity contribution in [2.45, 2.75) is 6.54 Å². The van der Waals surface area contributed by atoms with E-state index in [1.54, 1.807) is 0 Å². The molecule has 0 spiro atoms. The zero-order valence-corrected chi connectivity index (χ0v) is 11.4. The molecule has 5 heteroatoms. The monoisotopic (exact) mass is 276 g/mol. The van der Waals surface area contributed by atoms with Crippen molar-refractivity contribution in [3.05, 3.63) is 60.2 Å². The van der Waals surface area contributed by atoms with Crippen molar-refractivity contribution >= 4 is 21.4 Å². The van der Waals surface area contributed by atoms with Crippen molar-refractivity contribution in [3.8, 4) is 0 Å². The molecular weight excluding hydrogens is 260 g/mol. The van der Waals surface area contributed by atoms with Gasteiger partial charge in [-0.2, -0.15) is 0 Å². The Labute approximate surface area is 113 Å². The van der Waals surface area contributed by atoms with Gasteiger partial charge in [0.25, 0.3) is 0 Å². The Morgan fingerprint density at radius 3 is 2.26 bits per heavy atom. The lowest BCUT2D eigenvalue weighted by atomic mass is 10.1. The van der Waals surface area contributed by atoms with Crippen LogP contribution in [0.15, 0.2) is 54.6 Å². The molecule has 19 heavy (non-hydrogen) atoms. The molecule has 0 saturated heterocycles. The summed E-state index contributed by atoms with van der Waals surface area (Å²) in [7, 11) is -3.19. The van der Waals surface area contributed by atoms with Crippen LogP contribution in [0.25, 0.3) is 0 Å². The highest BCUT2D eigenvalue weighted by molar-refractivity contribution is 7.88. The van der Waals surface area contributed by atoms with Gasteiger partial charge < -0.3 is 5.32 Å². The summed E-state index contributed by atoms with van der Waals surface area (Å²) in [4.78, 5) is 0. The number of anilines is 2. The van der Waals surface area contributed by atoms with Gasteiger partial charge >= 0.3 is 0 Å². The van der Waals surface area contributed by atoms with Gasteiger partial charge in [-0.1, -0.05) is 36.4 Å². The maximum atomic E-state index is 11.1. The predicted molar refractivity (Wildman–Crippen MR) is 77.9 cm³/mol. The van der Waals surface area contributed by atoms with E-state index in [1.165, 1.54) is 0 Å². The molecule has 4 nitrogen and oxygen atoms in total. The van der Waals surface area contributed by atoms with E-state index in [9.17, 15) is 8.42 Å². The average Bonchev–Trinajstić information content (AvgIpc) is 2.38. The minimum Gasteiger partial charge on any atom is -0.355 e. The molecule has 0 aliphatic heterocycles. The van der Waals surface area contributed by atoms with Crippen LogP contribution < -0.4 is 10.0 Å². The molecule has 0 atom stereocenters. The number of hydrogen-bond donors (Lipinski definition) is 2. The molecule has 0 heterocycles. The third-order valence-electron chi connectivity index (χ3n) is 2.59. The summed E-state index contributed by atoms with van der Waals surface area (Å²) in [6.07, 6.45) is 1.15. The molecule has 0 bridgehead atoms. The molecule has 0 saturated carbocycles. The molecule has 2 aromatic carbocycles. The maximum Gasteiger partial charge on any atom is 0.209 e. The second-order valence-corrected chi connectivity index (χ2v) is 6.07. The first-order valence-electron chi connectivity index (χ1n) is 5.89.